The number of carbonyl (C=O) groups excluding carboxylic acids is 1. The van der Waals surface area contributed by atoms with Gasteiger partial charge in [0, 0.05) is 6.42 Å². The fraction of sp³-hybridized carbons (Fsp3) is 0.750. The zero-order valence-corrected chi connectivity index (χ0v) is 9.14. The van der Waals surface area contributed by atoms with E-state index in [9.17, 15) is 4.79 Å². The summed E-state index contributed by atoms with van der Waals surface area (Å²) in [7, 11) is 0. The van der Waals surface area contributed by atoms with Gasteiger partial charge < -0.3 is 5.32 Å². The number of amides is 1. The van der Waals surface area contributed by atoms with Crippen molar-refractivity contribution in [2.45, 2.75) is 51.9 Å². The summed E-state index contributed by atoms with van der Waals surface area (Å²) in [6.45, 7) is 2.56. The molecule has 0 aromatic carbocycles. The lowest BCUT2D eigenvalue weighted by Crippen LogP contribution is -2.22. The van der Waals surface area contributed by atoms with Gasteiger partial charge in [-0.2, -0.15) is 0 Å². The Hall–Kier alpha value is -0.970. The third-order valence-electron chi connectivity index (χ3n) is 2.15. The van der Waals surface area contributed by atoms with Crippen LogP contribution in [0.25, 0.3) is 0 Å². The molecule has 0 unspecified atom stereocenters. The van der Waals surface area contributed by atoms with E-state index in [2.05, 4.69) is 18.2 Å². The summed E-state index contributed by atoms with van der Waals surface area (Å²) >= 11 is 0. The topological polar surface area (TPSA) is 29.1 Å². The molecule has 0 saturated heterocycles. The van der Waals surface area contributed by atoms with Crippen LogP contribution < -0.4 is 5.32 Å². The van der Waals surface area contributed by atoms with Crippen LogP contribution in [0.4, 0.5) is 0 Å². The monoisotopic (exact) mass is 195 g/mol. The number of unbranched alkanes of at least 4 members (excludes halogenated alkanes) is 5. The predicted octanol–water partition coefficient (Wildman–Crippen LogP) is 2.49. The van der Waals surface area contributed by atoms with Gasteiger partial charge in [0.25, 0.3) is 0 Å². The summed E-state index contributed by atoms with van der Waals surface area (Å²) in [5.74, 6) is 2.47. The van der Waals surface area contributed by atoms with E-state index in [4.69, 9.17) is 6.42 Å². The average Bonchev–Trinajstić information content (AvgIpc) is 2.20. The zero-order valence-electron chi connectivity index (χ0n) is 9.14. The van der Waals surface area contributed by atoms with Crippen molar-refractivity contribution in [2.75, 3.05) is 6.54 Å². The lowest BCUT2D eigenvalue weighted by atomic mass is 10.1. The number of rotatable bonds is 8. The Bertz CT molecular complexity index is 181. The molecule has 2 nitrogen and oxygen atoms in total. The quantitative estimate of drug-likeness (QED) is 0.468. The van der Waals surface area contributed by atoms with Crippen molar-refractivity contribution >= 4 is 5.91 Å². The van der Waals surface area contributed by atoms with Gasteiger partial charge in [-0.25, -0.2) is 0 Å². The van der Waals surface area contributed by atoms with Gasteiger partial charge in [-0.05, 0) is 6.42 Å². The number of nitrogens with one attached hydrogen (secondary N) is 1. The molecule has 0 aromatic heterocycles. The molecule has 14 heavy (non-hydrogen) atoms. The highest BCUT2D eigenvalue weighted by atomic mass is 16.1. The van der Waals surface area contributed by atoms with Crippen LogP contribution in [-0.2, 0) is 4.79 Å². The molecule has 0 aliphatic carbocycles. The summed E-state index contributed by atoms with van der Waals surface area (Å²) < 4.78 is 0. The Morgan fingerprint density at radius 2 is 1.86 bits per heavy atom. The van der Waals surface area contributed by atoms with Gasteiger partial charge in [-0.15, -0.1) is 6.42 Å². The van der Waals surface area contributed by atoms with Crippen molar-refractivity contribution in [3.8, 4) is 12.3 Å². The fourth-order valence-electron chi connectivity index (χ4n) is 1.30. The smallest absolute Gasteiger partial charge is 0.220 e. The molecule has 0 rings (SSSR count). The SMILES string of the molecule is C#CCNC(=O)CCCCCCCC. The van der Waals surface area contributed by atoms with E-state index < -0.39 is 0 Å². The molecule has 1 amide bonds. The first-order valence-corrected chi connectivity index (χ1v) is 5.51. The van der Waals surface area contributed by atoms with Crippen molar-refractivity contribution in [2.24, 2.45) is 0 Å². The highest BCUT2D eigenvalue weighted by Gasteiger charge is 1.98. The van der Waals surface area contributed by atoms with Crippen LogP contribution in [-0.4, -0.2) is 12.5 Å². The summed E-state index contributed by atoms with van der Waals surface area (Å²) in [5, 5.41) is 2.66. The third-order valence-corrected chi connectivity index (χ3v) is 2.15. The average molecular weight is 195 g/mol. The molecule has 0 saturated carbocycles. The molecule has 0 radical (unpaired) electrons. The maximum atomic E-state index is 11.1. The minimum atomic E-state index is 0.0819. The van der Waals surface area contributed by atoms with Crippen LogP contribution in [0.2, 0.25) is 0 Å². The second kappa shape index (κ2) is 10.1. The number of carbonyl (C=O) groups is 1. The van der Waals surface area contributed by atoms with Gasteiger partial charge in [-0.3, -0.25) is 4.79 Å². The highest BCUT2D eigenvalue weighted by molar-refractivity contribution is 5.76. The van der Waals surface area contributed by atoms with Gasteiger partial charge in [0.2, 0.25) is 5.91 Å². The minimum Gasteiger partial charge on any atom is -0.345 e. The third kappa shape index (κ3) is 9.12. The summed E-state index contributed by atoms with van der Waals surface area (Å²) in [5.41, 5.74) is 0. The van der Waals surface area contributed by atoms with E-state index in [1.54, 1.807) is 0 Å². The van der Waals surface area contributed by atoms with Gasteiger partial charge in [0.15, 0.2) is 0 Å². The standard InChI is InChI=1S/C12H21NO/c1-3-5-6-7-8-9-10-12(14)13-11-4-2/h2H,3,5-11H2,1H3,(H,13,14). The van der Waals surface area contributed by atoms with Crippen molar-refractivity contribution in [1.29, 1.82) is 0 Å². The maximum Gasteiger partial charge on any atom is 0.220 e. The lowest BCUT2D eigenvalue weighted by molar-refractivity contribution is -0.120. The van der Waals surface area contributed by atoms with Gasteiger partial charge in [-0.1, -0.05) is 44.9 Å². The summed E-state index contributed by atoms with van der Waals surface area (Å²) in [4.78, 5) is 11.1. The van der Waals surface area contributed by atoms with Crippen LogP contribution in [0.3, 0.4) is 0 Å². The second-order valence-electron chi connectivity index (χ2n) is 3.50. The van der Waals surface area contributed by atoms with E-state index in [1.165, 1.54) is 25.7 Å². The van der Waals surface area contributed by atoms with E-state index in [1.807, 2.05) is 0 Å². The molecule has 2 heteroatoms. The normalized spacial score (nSPS) is 9.43. The second-order valence-corrected chi connectivity index (χ2v) is 3.50. The lowest BCUT2D eigenvalue weighted by Gasteiger charge is -2.01. The molecular weight excluding hydrogens is 174 g/mol. The minimum absolute atomic E-state index is 0.0819. The Morgan fingerprint density at radius 1 is 1.21 bits per heavy atom. The summed E-state index contributed by atoms with van der Waals surface area (Å²) in [6.07, 6.45) is 12.9. The predicted molar refractivity (Wildman–Crippen MR) is 59.8 cm³/mol. The van der Waals surface area contributed by atoms with Crippen LogP contribution >= 0.6 is 0 Å². The van der Waals surface area contributed by atoms with E-state index in [0.29, 0.717) is 13.0 Å². The Morgan fingerprint density at radius 3 is 2.50 bits per heavy atom. The van der Waals surface area contributed by atoms with Gasteiger partial charge in [0.05, 0.1) is 6.54 Å². The maximum absolute atomic E-state index is 11.1. The molecule has 0 atom stereocenters. The first kappa shape index (κ1) is 13.0. The molecule has 0 heterocycles. The summed E-state index contributed by atoms with van der Waals surface area (Å²) in [6, 6.07) is 0. The molecule has 0 aliphatic rings. The van der Waals surface area contributed by atoms with Crippen molar-refractivity contribution in [3.63, 3.8) is 0 Å². The molecule has 0 fully saturated rings. The Balaban J connectivity index is 3.11. The van der Waals surface area contributed by atoms with E-state index >= 15 is 0 Å². The molecule has 0 bridgehead atoms. The fourth-order valence-corrected chi connectivity index (χ4v) is 1.30. The van der Waals surface area contributed by atoms with Crippen LogP contribution in [0.15, 0.2) is 0 Å². The Labute approximate surface area is 87.5 Å². The van der Waals surface area contributed by atoms with E-state index in [-0.39, 0.29) is 5.91 Å². The molecule has 0 spiro atoms. The van der Waals surface area contributed by atoms with Gasteiger partial charge >= 0.3 is 0 Å². The number of hydrogen-bond acceptors (Lipinski definition) is 1. The molecule has 0 aliphatic heterocycles. The molecule has 1 N–H and O–H groups in total. The number of terminal acetylenes is 1. The molecule has 80 valence electrons. The Kier molecular flexibility index (Phi) is 9.41. The first-order valence-electron chi connectivity index (χ1n) is 5.51. The molecule has 0 aromatic rings. The number of hydrogen-bond donors (Lipinski definition) is 1. The molecular formula is C12H21NO. The van der Waals surface area contributed by atoms with Crippen LogP contribution in [0, 0.1) is 12.3 Å². The van der Waals surface area contributed by atoms with Gasteiger partial charge in [0.1, 0.15) is 0 Å². The van der Waals surface area contributed by atoms with Crippen molar-refractivity contribution < 1.29 is 4.79 Å². The van der Waals surface area contributed by atoms with Crippen LogP contribution in [0.5, 0.6) is 0 Å². The zero-order chi connectivity index (χ0) is 10.6. The largest absolute Gasteiger partial charge is 0.345 e. The van der Waals surface area contributed by atoms with E-state index in [0.717, 1.165) is 12.8 Å². The van der Waals surface area contributed by atoms with Crippen molar-refractivity contribution in [1.82, 2.24) is 5.32 Å². The van der Waals surface area contributed by atoms with Crippen LogP contribution in [0.1, 0.15) is 51.9 Å². The first-order chi connectivity index (χ1) is 6.81. The highest BCUT2D eigenvalue weighted by Crippen LogP contribution is 2.06. The van der Waals surface area contributed by atoms with Crippen molar-refractivity contribution in [3.05, 3.63) is 0 Å².